The van der Waals surface area contributed by atoms with Crippen molar-refractivity contribution in [2.45, 2.75) is 0 Å². The van der Waals surface area contributed by atoms with E-state index >= 15 is 0 Å². The molecule has 0 aliphatic carbocycles. The number of aromatic amines is 1. The first-order chi connectivity index (χ1) is 7.16. The summed E-state index contributed by atoms with van der Waals surface area (Å²) in [6.45, 7) is -0.0171. The van der Waals surface area contributed by atoms with Gasteiger partial charge in [-0.1, -0.05) is 0 Å². The number of aromatic nitrogens is 4. The molecule has 2 rings (SSSR count). The number of nitrogens with one attached hydrogen (secondary N) is 2. The van der Waals surface area contributed by atoms with Crippen LogP contribution in [0.15, 0.2) is 6.20 Å². The van der Waals surface area contributed by atoms with Crippen LogP contribution in [0, 0.1) is 0 Å². The number of H-pyrrole nitrogens is 1. The number of nitrogen functional groups attached to an aromatic ring is 1. The first-order valence-electron chi connectivity index (χ1n) is 4.15. The van der Waals surface area contributed by atoms with Crippen LogP contribution in [0.25, 0.3) is 11.0 Å². The highest BCUT2D eigenvalue weighted by atomic mass is 16.1. The Hall–Kier alpha value is -2.38. The molecule has 0 aliphatic rings. The average molecular weight is 207 g/mol. The SMILES string of the molecule is NC(=O)CNc1nc(N)nc2[nH]ncc12. The number of nitrogens with zero attached hydrogens (tertiary/aromatic N) is 3. The van der Waals surface area contributed by atoms with E-state index in [1.165, 1.54) is 6.20 Å². The lowest BCUT2D eigenvalue weighted by atomic mass is 10.4. The summed E-state index contributed by atoms with van der Waals surface area (Å²) in [6, 6.07) is 0. The van der Waals surface area contributed by atoms with Gasteiger partial charge in [0.05, 0.1) is 18.1 Å². The largest absolute Gasteiger partial charge is 0.368 e. The Morgan fingerprint density at radius 1 is 1.53 bits per heavy atom. The predicted molar refractivity (Wildman–Crippen MR) is 53.8 cm³/mol. The summed E-state index contributed by atoms with van der Waals surface area (Å²) in [4.78, 5) is 18.4. The van der Waals surface area contributed by atoms with Crippen molar-refractivity contribution in [1.82, 2.24) is 20.2 Å². The highest BCUT2D eigenvalue weighted by Crippen LogP contribution is 2.17. The number of primary amides is 1. The second-order valence-corrected chi connectivity index (χ2v) is 2.88. The number of amides is 1. The van der Waals surface area contributed by atoms with Gasteiger partial charge in [-0.25, -0.2) is 0 Å². The monoisotopic (exact) mass is 207 g/mol. The number of rotatable bonds is 3. The van der Waals surface area contributed by atoms with Gasteiger partial charge in [0.25, 0.3) is 0 Å². The van der Waals surface area contributed by atoms with Gasteiger partial charge in [0.15, 0.2) is 5.65 Å². The maximum absolute atomic E-state index is 10.6. The summed E-state index contributed by atoms with van der Waals surface area (Å²) in [7, 11) is 0. The number of anilines is 2. The van der Waals surface area contributed by atoms with Crippen molar-refractivity contribution >= 4 is 28.7 Å². The molecule has 6 N–H and O–H groups in total. The number of carbonyl (C=O) groups is 1. The van der Waals surface area contributed by atoms with Gasteiger partial charge in [-0.2, -0.15) is 15.1 Å². The molecular weight excluding hydrogens is 198 g/mol. The maximum atomic E-state index is 10.6. The topological polar surface area (TPSA) is 136 Å². The Morgan fingerprint density at radius 3 is 3.07 bits per heavy atom. The highest BCUT2D eigenvalue weighted by molar-refractivity contribution is 5.89. The van der Waals surface area contributed by atoms with Crippen LogP contribution in [0.1, 0.15) is 0 Å². The van der Waals surface area contributed by atoms with Crippen molar-refractivity contribution < 1.29 is 4.79 Å². The van der Waals surface area contributed by atoms with Crippen LogP contribution in [0.5, 0.6) is 0 Å². The minimum absolute atomic E-state index is 0.0171. The molecule has 2 heterocycles. The van der Waals surface area contributed by atoms with E-state index in [0.717, 1.165) is 0 Å². The molecule has 78 valence electrons. The van der Waals surface area contributed by atoms with E-state index < -0.39 is 5.91 Å². The zero-order chi connectivity index (χ0) is 10.8. The average Bonchev–Trinajstić information content (AvgIpc) is 2.61. The molecule has 8 heteroatoms. The van der Waals surface area contributed by atoms with E-state index in [4.69, 9.17) is 11.5 Å². The van der Waals surface area contributed by atoms with Gasteiger partial charge in [0.1, 0.15) is 5.82 Å². The molecule has 0 unspecified atom stereocenters. The zero-order valence-electron chi connectivity index (χ0n) is 7.69. The minimum atomic E-state index is -0.483. The van der Waals surface area contributed by atoms with Crippen LogP contribution < -0.4 is 16.8 Å². The van der Waals surface area contributed by atoms with Gasteiger partial charge in [-0.15, -0.1) is 0 Å². The molecule has 8 nitrogen and oxygen atoms in total. The summed E-state index contributed by atoms with van der Waals surface area (Å²) in [5, 5.41) is 9.85. The Balaban J connectivity index is 2.39. The van der Waals surface area contributed by atoms with E-state index in [2.05, 4.69) is 25.5 Å². The van der Waals surface area contributed by atoms with Gasteiger partial charge in [0, 0.05) is 0 Å². The molecule has 15 heavy (non-hydrogen) atoms. The molecule has 0 spiro atoms. The number of fused-ring (bicyclic) bond motifs is 1. The van der Waals surface area contributed by atoms with E-state index in [1.807, 2.05) is 0 Å². The van der Waals surface area contributed by atoms with E-state index in [-0.39, 0.29) is 12.5 Å². The van der Waals surface area contributed by atoms with Crippen molar-refractivity contribution in [3.8, 4) is 0 Å². The summed E-state index contributed by atoms with van der Waals surface area (Å²) in [6.07, 6.45) is 1.54. The Bertz CT molecular complexity index is 505. The zero-order valence-corrected chi connectivity index (χ0v) is 7.69. The third kappa shape index (κ3) is 1.77. The van der Waals surface area contributed by atoms with Crippen LogP contribution in [0.4, 0.5) is 11.8 Å². The van der Waals surface area contributed by atoms with Crippen molar-refractivity contribution in [3.63, 3.8) is 0 Å². The van der Waals surface area contributed by atoms with Gasteiger partial charge >= 0.3 is 0 Å². The lowest BCUT2D eigenvalue weighted by Crippen LogP contribution is -2.22. The molecule has 0 fully saturated rings. The Morgan fingerprint density at radius 2 is 2.33 bits per heavy atom. The van der Waals surface area contributed by atoms with Gasteiger partial charge in [-0.05, 0) is 0 Å². The Labute approximate surface area is 84.1 Å². The lowest BCUT2D eigenvalue weighted by molar-refractivity contribution is -0.116. The van der Waals surface area contributed by atoms with Gasteiger partial charge in [0.2, 0.25) is 11.9 Å². The standard InChI is InChI=1S/C7H9N7O/c8-4(15)2-10-5-3-1-11-14-6(3)13-7(9)12-5/h1H,2H2,(H2,8,15)(H4,9,10,11,12,13,14). The third-order valence-corrected chi connectivity index (χ3v) is 1.76. The fraction of sp³-hybridized carbons (Fsp3) is 0.143. The van der Waals surface area contributed by atoms with Crippen LogP contribution in [0.2, 0.25) is 0 Å². The predicted octanol–water partition coefficient (Wildman–Crippen LogP) is -1.17. The van der Waals surface area contributed by atoms with Crippen LogP contribution >= 0.6 is 0 Å². The fourth-order valence-electron chi connectivity index (χ4n) is 1.16. The van der Waals surface area contributed by atoms with E-state index in [9.17, 15) is 4.79 Å². The molecule has 0 bridgehead atoms. The second kappa shape index (κ2) is 3.40. The first-order valence-corrected chi connectivity index (χ1v) is 4.15. The second-order valence-electron chi connectivity index (χ2n) is 2.88. The third-order valence-electron chi connectivity index (χ3n) is 1.76. The highest BCUT2D eigenvalue weighted by Gasteiger charge is 2.07. The van der Waals surface area contributed by atoms with Gasteiger partial charge < -0.3 is 16.8 Å². The van der Waals surface area contributed by atoms with Crippen LogP contribution in [-0.2, 0) is 4.79 Å². The molecule has 2 aromatic heterocycles. The fourth-order valence-corrected chi connectivity index (χ4v) is 1.16. The molecule has 0 aromatic carbocycles. The number of nitrogens with two attached hydrogens (primary N) is 2. The Kier molecular flexibility index (Phi) is 2.08. The first kappa shape index (κ1) is 9.19. The minimum Gasteiger partial charge on any atom is -0.368 e. The summed E-state index contributed by atoms with van der Waals surface area (Å²) in [5.74, 6) is 0.0487. The van der Waals surface area contributed by atoms with Crippen LogP contribution in [0.3, 0.4) is 0 Å². The molecule has 0 aliphatic heterocycles. The number of hydrogen-bond donors (Lipinski definition) is 4. The molecule has 0 saturated heterocycles. The van der Waals surface area contributed by atoms with E-state index in [0.29, 0.717) is 16.9 Å². The van der Waals surface area contributed by atoms with Crippen LogP contribution in [-0.4, -0.2) is 32.6 Å². The molecular formula is C7H9N7O. The van der Waals surface area contributed by atoms with Crippen molar-refractivity contribution in [1.29, 1.82) is 0 Å². The molecule has 2 aromatic rings. The van der Waals surface area contributed by atoms with E-state index in [1.54, 1.807) is 0 Å². The quantitative estimate of drug-likeness (QED) is 0.500. The molecule has 0 saturated carbocycles. The summed E-state index contributed by atoms with van der Waals surface area (Å²) < 4.78 is 0. The molecule has 0 radical (unpaired) electrons. The smallest absolute Gasteiger partial charge is 0.236 e. The van der Waals surface area contributed by atoms with Crippen molar-refractivity contribution in [2.24, 2.45) is 5.73 Å². The maximum Gasteiger partial charge on any atom is 0.236 e. The van der Waals surface area contributed by atoms with Gasteiger partial charge in [-0.3, -0.25) is 9.89 Å². The normalized spacial score (nSPS) is 10.4. The molecule has 0 atom stereocenters. The number of hydrogen-bond acceptors (Lipinski definition) is 6. The van der Waals surface area contributed by atoms with Crippen molar-refractivity contribution in [3.05, 3.63) is 6.20 Å². The summed E-state index contributed by atoms with van der Waals surface area (Å²) in [5.41, 5.74) is 11.0. The lowest BCUT2D eigenvalue weighted by Gasteiger charge is -2.04. The number of carbonyl (C=O) groups excluding carboxylic acids is 1. The summed E-state index contributed by atoms with van der Waals surface area (Å²) >= 11 is 0. The van der Waals surface area contributed by atoms with Crippen molar-refractivity contribution in [2.75, 3.05) is 17.6 Å². The molecule has 1 amide bonds.